The molecule has 0 aliphatic carbocycles. The molecule has 21 heavy (non-hydrogen) atoms. The van der Waals surface area contributed by atoms with Crippen LogP contribution in [-0.2, 0) is 6.42 Å². The molecule has 1 aliphatic rings. The third-order valence-electron chi connectivity index (χ3n) is 3.94. The minimum atomic E-state index is -0.0491. The molecule has 1 amide bonds. The van der Waals surface area contributed by atoms with E-state index in [1.54, 1.807) is 0 Å². The maximum atomic E-state index is 12.4. The minimum Gasteiger partial charge on any atom is -0.385 e. The van der Waals surface area contributed by atoms with Crippen LogP contribution in [0, 0.1) is 13.8 Å². The molecule has 0 radical (unpaired) electrons. The predicted molar refractivity (Wildman–Crippen MR) is 87.1 cm³/mol. The molecule has 0 spiro atoms. The van der Waals surface area contributed by atoms with Crippen LogP contribution in [0.15, 0.2) is 36.4 Å². The zero-order valence-corrected chi connectivity index (χ0v) is 12.5. The minimum absolute atomic E-state index is 0.0491. The number of fused-ring (bicyclic) bond motifs is 1. The molecule has 1 heterocycles. The van der Waals surface area contributed by atoms with Crippen molar-refractivity contribution in [3.63, 3.8) is 0 Å². The highest BCUT2D eigenvalue weighted by Gasteiger charge is 2.12. The molecule has 0 saturated carbocycles. The van der Waals surface area contributed by atoms with Gasteiger partial charge in [0.1, 0.15) is 0 Å². The number of carbonyl (C=O) groups excluding carboxylic acids is 1. The zero-order valence-electron chi connectivity index (χ0n) is 12.5. The average Bonchev–Trinajstić information content (AvgIpc) is 2.49. The molecule has 2 N–H and O–H groups in total. The lowest BCUT2D eigenvalue weighted by Crippen LogP contribution is -2.15. The van der Waals surface area contributed by atoms with Gasteiger partial charge in [-0.15, -0.1) is 0 Å². The highest BCUT2D eigenvalue weighted by molar-refractivity contribution is 6.05. The molecule has 0 atom stereocenters. The largest absolute Gasteiger partial charge is 0.385 e. The van der Waals surface area contributed by atoms with Crippen molar-refractivity contribution in [2.24, 2.45) is 0 Å². The summed E-state index contributed by atoms with van der Waals surface area (Å²) < 4.78 is 0. The van der Waals surface area contributed by atoms with Crippen LogP contribution in [0.3, 0.4) is 0 Å². The Bertz CT molecular complexity index is 692. The lowest BCUT2D eigenvalue weighted by molar-refractivity contribution is 0.102. The van der Waals surface area contributed by atoms with Crippen LogP contribution in [0.4, 0.5) is 11.4 Å². The van der Waals surface area contributed by atoms with Gasteiger partial charge in [-0.05, 0) is 56.0 Å². The third kappa shape index (κ3) is 2.92. The number of benzene rings is 2. The van der Waals surface area contributed by atoms with E-state index in [-0.39, 0.29) is 5.91 Å². The smallest absolute Gasteiger partial charge is 0.255 e. The number of aryl methyl sites for hydroxylation is 3. The Morgan fingerprint density at radius 3 is 2.86 bits per heavy atom. The number of carbonyl (C=O) groups is 1. The Morgan fingerprint density at radius 2 is 2.00 bits per heavy atom. The standard InChI is InChI=1S/C18H20N2O/c1-12-5-6-13(2)16(10-12)18(21)20-15-8-7-14-4-3-9-19-17(14)11-15/h5-8,10-11,19H,3-4,9H2,1-2H3,(H,20,21). The van der Waals surface area contributed by atoms with Crippen LogP contribution in [0.5, 0.6) is 0 Å². The van der Waals surface area contributed by atoms with E-state index >= 15 is 0 Å². The van der Waals surface area contributed by atoms with Gasteiger partial charge in [-0.3, -0.25) is 4.79 Å². The van der Waals surface area contributed by atoms with Gasteiger partial charge in [-0.2, -0.15) is 0 Å². The number of nitrogens with one attached hydrogen (secondary N) is 2. The molecule has 0 saturated heterocycles. The summed E-state index contributed by atoms with van der Waals surface area (Å²) in [5.41, 5.74) is 6.13. The molecule has 108 valence electrons. The number of hydrogen-bond donors (Lipinski definition) is 2. The van der Waals surface area contributed by atoms with Crippen LogP contribution in [0.25, 0.3) is 0 Å². The second-order valence-electron chi connectivity index (χ2n) is 5.67. The average molecular weight is 280 g/mol. The van der Waals surface area contributed by atoms with Crippen LogP contribution in [0.2, 0.25) is 0 Å². The van der Waals surface area contributed by atoms with Crippen molar-refractivity contribution >= 4 is 17.3 Å². The van der Waals surface area contributed by atoms with E-state index in [0.717, 1.165) is 41.0 Å². The van der Waals surface area contributed by atoms with E-state index in [2.05, 4.69) is 16.7 Å². The normalized spacial score (nSPS) is 13.2. The lowest BCUT2D eigenvalue weighted by atomic mass is 10.0. The third-order valence-corrected chi connectivity index (χ3v) is 3.94. The fraction of sp³-hybridized carbons (Fsp3) is 0.278. The second-order valence-corrected chi connectivity index (χ2v) is 5.67. The van der Waals surface area contributed by atoms with Gasteiger partial charge in [0.15, 0.2) is 0 Å². The van der Waals surface area contributed by atoms with Gasteiger partial charge in [0.2, 0.25) is 0 Å². The first-order chi connectivity index (χ1) is 10.1. The quantitative estimate of drug-likeness (QED) is 0.875. The molecule has 1 aliphatic heterocycles. The predicted octanol–water partition coefficient (Wildman–Crippen LogP) is 3.91. The maximum Gasteiger partial charge on any atom is 0.255 e. The van der Waals surface area contributed by atoms with Crippen molar-refractivity contribution in [3.8, 4) is 0 Å². The van der Waals surface area contributed by atoms with Crippen molar-refractivity contribution in [1.82, 2.24) is 0 Å². The molecule has 0 fully saturated rings. The Kier molecular flexibility index (Phi) is 3.65. The molecular formula is C18H20N2O. The van der Waals surface area contributed by atoms with Gasteiger partial charge < -0.3 is 10.6 Å². The molecule has 2 aromatic carbocycles. The zero-order chi connectivity index (χ0) is 14.8. The van der Waals surface area contributed by atoms with Gasteiger partial charge in [0.25, 0.3) is 5.91 Å². The molecule has 3 rings (SSSR count). The fourth-order valence-corrected chi connectivity index (χ4v) is 2.72. The first-order valence-electron chi connectivity index (χ1n) is 7.39. The summed E-state index contributed by atoms with van der Waals surface area (Å²) in [5, 5.41) is 6.38. The van der Waals surface area contributed by atoms with Crippen LogP contribution < -0.4 is 10.6 Å². The second kappa shape index (κ2) is 5.60. The van der Waals surface area contributed by atoms with Crippen molar-refractivity contribution in [1.29, 1.82) is 0 Å². The fourth-order valence-electron chi connectivity index (χ4n) is 2.72. The molecule has 3 heteroatoms. The monoisotopic (exact) mass is 280 g/mol. The number of anilines is 2. The summed E-state index contributed by atoms with van der Waals surface area (Å²) >= 11 is 0. The van der Waals surface area contributed by atoms with Crippen LogP contribution >= 0.6 is 0 Å². The highest BCUT2D eigenvalue weighted by atomic mass is 16.1. The highest BCUT2D eigenvalue weighted by Crippen LogP contribution is 2.25. The van der Waals surface area contributed by atoms with Gasteiger partial charge in [0.05, 0.1) is 0 Å². The Hall–Kier alpha value is -2.29. The van der Waals surface area contributed by atoms with E-state index in [9.17, 15) is 4.79 Å². The summed E-state index contributed by atoms with van der Waals surface area (Å²) in [5.74, 6) is -0.0491. The van der Waals surface area contributed by atoms with Gasteiger partial charge >= 0.3 is 0 Å². The maximum absolute atomic E-state index is 12.4. The summed E-state index contributed by atoms with van der Waals surface area (Å²) in [7, 11) is 0. The lowest BCUT2D eigenvalue weighted by Gasteiger charge is -2.19. The van der Waals surface area contributed by atoms with E-state index in [1.165, 1.54) is 12.0 Å². The molecule has 0 aromatic heterocycles. The summed E-state index contributed by atoms with van der Waals surface area (Å²) in [6.07, 6.45) is 2.27. The van der Waals surface area contributed by atoms with Gasteiger partial charge in [-0.1, -0.05) is 23.8 Å². The van der Waals surface area contributed by atoms with Crippen molar-refractivity contribution < 1.29 is 4.79 Å². The Labute approximate surface area is 125 Å². The van der Waals surface area contributed by atoms with Crippen molar-refractivity contribution in [3.05, 3.63) is 58.7 Å². The van der Waals surface area contributed by atoms with E-state index in [4.69, 9.17) is 0 Å². The Morgan fingerprint density at radius 1 is 1.14 bits per heavy atom. The summed E-state index contributed by atoms with van der Waals surface area (Å²) in [6.45, 7) is 4.96. The van der Waals surface area contributed by atoms with Gasteiger partial charge in [-0.25, -0.2) is 0 Å². The molecular weight excluding hydrogens is 260 g/mol. The van der Waals surface area contributed by atoms with Crippen LogP contribution in [-0.4, -0.2) is 12.5 Å². The summed E-state index contributed by atoms with van der Waals surface area (Å²) in [4.78, 5) is 12.4. The van der Waals surface area contributed by atoms with Gasteiger partial charge in [0, 0.05) is 23.5 Å². The van der Waals surface area contributed by atoms with E-state index < -0.39 is 0 Å². The SMILES string of the molecule is Cc1ccc(C)c(C(=O)Nc2ccc3c(c2)NCCC3)c1. The van der Waals surface area contributed by atoms with Crippen molar-refractivity contribution in [2.75, 3.05) is 17.2 Å². The topological polar surface area (TPSA) is 41.1 Å². The first-order valence-corrected chi connectivity index (χ1v) is 7.39. The molecule has 3 nitrogen and oxygen atoms in total. The molecule has 2 aromatic rings. The van der Waals surface area contributed by atoms with Crippen molar-refractivity contribution in [2.45, 2.75) is 26.7 Å². The molecule has 0 bridgehead atoms. The van der Waals surface area contributed by atoms with E-state index in [0.29, 0.717) is 0 Å². The number of rotatable bonds is 2. The molecule has 0 unspecified atom stereocenters. The first kappa shape index (κ1) is 13.7. The number of amides is 1. The summed E-state index contributed by atoms with van der Waals surface area (Å²) in [6, 6.07) is 12.0. The van der Waals surface area contributed by atoms with E-state index in [1.807, 2.05) is 44.2 Å². The van der Waals surface area contributed by atoms with Crippen LogP contribution in [0.1, 0.15) is 33.5 Å². The Balaban J connectivity index is 1.83. The number of hydrogen-bond acceptors (Lipinski definition) is 2.